The van der Waals surface area contributed by atoms with Gasteiger partial charge in [0.25, 0.3) is 0 Å². The lowest BCUT2D eigenvalue weighted by atomic mass is 10.0. The zero-order valence-corrected chi connectivity index (χ0v) is 15.2. The summed E-state index contributed by atoms with van der Waals surface area (Å²) in [4.78, 5) is 57.9. The van der Waals surface area contributed by atoms with E-state index in [-0.39, 0.29) is 12.8 Å². The molecule has 0 spiro atoms. The normalized spacial score (nSPS) is 14.0. The van der Waals surface area contributed by atoms with E-state index in [1.807, 2.05) is 0 Å². The third-order valence-corrected chi connectivity index (χ3v) is 3.51. The Morgan fingerprint density at radius 1 is 1.00 bits per heavy atom. The molecule has 0 aromatic heterocycles. The Morgan fingerprint density at radius 3 is 2.04 bits per heavy atom. The molecule has 0 rings (SSSR count). The van der Waals surface area contributed by atoms with Crippen molar-refractivity contribution in [3.8, 4) is 0 Å². The Labute approximate surface area is 156 Å². The van der Waals surface area contributed by atoms with Gasteiger partial charge in [0.15, 0.2) is 0 Å². The molecule has 12 nitrogen and oxygen atoms in total. The third kappa shape index (κ3) is 9.51. The fourth-order valence-corrected chi connectivity index (χ4v) is 1.98. The number of primary amides is 1. The molecule has 3 atom stereocenters. The Bertz CT molecular complexity index is 567. The molecule has 12 heteroatoms. The minimum Gasteiger partial charge on any atom is -0.480 e. The van der Waals surface area contributed by atoms with Crippen molar-refractivity contribution in [2.45, 2.75) is 44.8 Å². The standard InChI is InChI=1S/C15H27N5O7/c1-7(2)12(15(27)18-5-11(23)24)20-14(26)9(3-4-10(17)22)19-13(25)8(16)6-21/h7-9,12,21H,3-6,16H2,1-2H3,(H2,17,22)(H,18,27)(H,19,25)(H,20,26)(H,23,24). The van der Waals surface area contributed by atoms with E-state index in [1.165, 1.54) is 0 Å². The number of hydrogen-bond donors (Lipinski definition) is 7. The maximum Gasteiger partial charge on any atom is 0.322 e. The van der Waals surface area contributed by atoms with Crippen LogP contribution in [0.3, 0.4) is 0 Å². The first-order valence-corrected chi connectivity index (χ1v) is 8.24. The number of hydrogen-bond acceptors (Lipinski definition) is 7. The number of rotatable bonds is 12. The predicted octanol–water partition coefficient (Wildman–Crippen LogP) is -3.60. The van der Waals surface area contributed by atoms with Gasteiger partial charge >= 0.3 is 5.97 Å². The van der Waals surface area contributed by atoms with Gasteiger partial charge in [-0.3, -0.25) is 24.0 Å². The van der Waals surface area contributed by atoms with Gasteiger partial charge in [-0.25, -0.2) is 0 Å². The largest absolute Gasteiger partial charge is 0.480 e. The highest BCUT2D eigenvalue weighted by atomic mass is 16.4. The number of aliphatic hydroxyl groups excluding tert-OH is 1. The minimum absolute atomic E-state index is 0.146. The van der Waals surface area contributed by atoms with Gasteiger partial charge in [0, 0.05) is 6.42 Å². The van der Waals surface area contributed by atoms with Crippen LogP contribution in [0.15, 0.2) is 0 Å². The number of aliphatic hydroxyl groups is 1. The van der Waals surface area contributed by atoms with Crippen molar-refractivity contribution in [3.63, 3.8) is 0 Å². The number of nitrogens with one attached hydrogen (secondary N) is 3. The highest BCUT2D eigenvalue weighted by molar-refractivity contribution is 5.94. The van der Waals surface area contributed by atoms with Gasteiger partial charge in [0.2, 0.25) is 23.6 Å². The quantitative estimate of drug-likeness (QED) is 0.176. The zero-order chi connectivity index (χ0) is 21.1. The summed E-state index contributed by atoms with van der Waals surface area (Å²) in [7, 11) is 0. The van der Waals surface area contributed by atoms with E-state index in [1.54, 1.807) is 13.8 Å². The number of carbonyl (C=O) groups is 5. The summed E-state index contributed by atoms with van der Waals surface area (Å²) in [6.07, 6.45) is -0.364. The SMILES string of the molecule is CC(C)C(NC(=O)C(CCC(N)=O)NC(=O)C(N)CO)C(=O)NCC(=O)O. The van der Waals surface area contributed by atoms with Crippen LogP contribution in [0.4, 0.5) is 0 Å². The van der Waals surface area contributed by atoms with Crippen molar-refractivity contribution in [1.82, 2.24) is 16.0 Å². The van der Waals surface area contributed by atoms with Crippen LogP contribution in [0.5, 0.6) is 0 Å². The zero-order valence-electron chi connectivity index (χ0n) is 15.2. The molecule has 154 valence electrons. The average molecular weight is 389 g/mol. The Balaban J connectivity index is 5.18. The van der Waals surface area contributed by atoms with E-state index < -0.39 is 66.8 Å². The molecule has 0 aliphatic rings. The van der Waals surface area contributed by atoms with Crippen molar-refractivity contribution >= 4 is 29.6 Å². The molecule has 0 aromatic carbocycles. The van der Waals surface area contributed by atoms with Gasteiger partial charge in [-0.1, -0.05) is 13.8 Å². The summed E-state index contributed by atoms with van der Waals surface area (Å²) in [5.41, 5.74) is 10.4. The van der Waals surface area contributed by atoms with Crippen molar-refractivity contribution in [1.29, 1.82) is 0 Å². The Morgan fingerprint density at radius 2 is 1.59 bits per heavy atom. The fraction of sp³-hybridized carbons (Fsp3) is 0.667. The van der Waals surface area contributed by atoms with Gasteiger partial charge in [-0.15, -0.1) is 0 Å². The second-order valence-electron chi connectivity index (χ2n) is 6.20. The summed E-state index contributed by atoms with van der Waals surface area (Å²) in [6.45, 7) is 1.99. The van der Waals surface area contributed by atoms with Gasteiger partial charge in [-0.05, 0) is 12.3 Å². The lowest BCUT2D eigenvalue weighted by Gasteiger charge is -2.25. The molecule has 3 unspecified atom stereocenters. The molecule has 0 bridgehead atoms. The van der Waals surface area contributed by atoms with Crippen molar-refractivity contribution in [2.24, 2.45) is 17.4 Å². The topological polar surface area (TPSA) is 214 Å². The number of aliphatic carboxylic acids is 1. The Hall–Kier alpha value is -2.73. The van der Waals surface area contributed by atoms with Crippen LogP contribution in [0.2, 0.25) is 0 Å². The summed E-state index contributed by atoms with van der Waals surface area (Å²) in [5, 5.41) is 24.4. The van der Waals surface area contributed by atoms with Crippen LogP contribution >= 0.6 is 0 Å². The molecule has 0 saturated heterocycles. The molecule has 0 aromatic rings. The van der Waals surface area contributed by atoms with Crippen LogP contribution < -0.4 is 27.4 Å². The van der Waals surface area contributed by atoms with Gasteiger partial charge in [0.05, 0.1) is 6.61 Å². The highest BCUT2D eigenvalue weighted by Crippen LogP contribution is 2.05. The molecule has 0 aliphatic heterocycles. The smallest absolute Gasteiger partial charge is 0.322 e. The summed E-state index contributed by atoms with van der Waals surface area (Å²) < 4.78 is 0. The maximum atomic E-state index is 12.5. The van der Waals surface area contributed by atoms with E-state index in [9.17, 15) is 24.0 Å². The second kappa shape index (κ2) is 11.8. The highest BCUT2D eigenvalue weighted by Gasteiger charge is 2.29. The number of carboxylic acids is 1. The van der Waals surface area contributed by atoms with Crippen molar-refractivity contribution < 1.29 is 34.2 Å². The van der Waals surface area contributed by atoms with E-state index in [4.69, 9.17) is 21.7 Å². The fourth-order valence-electron chi connectivity index (χ4n) is 1.98. The van der Waals surface area contributed by atoms with Crippen LogP contribution in [-0.2, 0) is 24.0 Å². The van der Waals surface area contributed by atoms with Crippen LogP contribution in [0.1, 0.15) is 26.7 Å². The molecule has 0 aliphatic carbocycles. The first-order chi connectivity index (χ1) is 12.5. The summed E-state index contributed by atoms with van der Waals surface area (Å²) in [5.74, 6) is -4.66. The van der Waals surface area contributed by atoms with Gasteiger partial charge < -0.3 is 37.6 Å². The molecular formula is C15H27N5O7. The number of carbonyl (C=O) groups excluding carboxylic acids is 4. The third-order valence-electron chi connectivity index (χ3n) is 3.51. The molecule has 9 N–H and O–H groups in total. The monoisotopic (exact) mass is 389 g/mol. The molecule has 4 amide bonds. The molecule has 0 saturated carbocycles. The first-order valence-electron chi connectivity index (χ1n) is 8.24. The van der Waals surface area contributed by atoms with Crippen LogP contribution in [0.25, 0.3) is 0 Å². The lowest BCUT2D eigenvalue weighted by molar-refractivity contribution is -0.139. The molecule has 27 heavy (non-hydrogen) atoms. The van der Waals surface area contributed by atoms with Crippen LogP contribution in [0, 0.1) is 5.92 Å². The summed E-state index contributed by atoms with van der Waals surface area (Å²) in [6, 6.07) is -3.57. The van der Waals surface area contributed by atoms with Gasteiger partial charge in [0.1, 0.15) is 24.7 Å². The summed E-state index contributed by atoms with van der Waals surface area (Å²) >= 11 is 0. The molecule has 0 fully saturated rings. The van der Waals surface area contributed by atoms with Crippen LogP contribution in [-0.4, -0.2) is 71.1 Å². The van der Waals surface area contributed by atoms with Crippen molar-refractivity contribution in [3.05, 3.63) is 0 Å². The van der Waals surface area contributed by atoms with E-state index >= 15 is 0 Å². The predicted molar refractivity (Wildman–Crippen MR) is 92.8 cm³/mol. The van der Waals surface area contributed by atoms with E-state index in [2.05, 4.69) is 16.0 Å². The Kier molecular flexibility index (Phi) is 10.6. The maximum absolute atomic E-state index is 12.5. The number of nitrogens with two attached hydrogens (primary N) is 2. The second-order valence-corrected chi connectivity index (χ2v) is 6.20. The molecule has 0 heterocycles. The minimum atomic E-state index is -1.27. The van der Waals surface area contributed by atoms with Crippen molar-refractivity contribution in [2.75, 3.05) is 13.2 Å². The molecule has 0 radical (unpaired) electrons. The first kappa shape index (κ1) is 24.3. The van der Waals surface area contributed by atoms with E-state index in [0.717, 1.165) is 0 Å². The van der Waals surface area contributed by atoms with Gasteiger partial charge in [-0.2, -0.15) is 0 Å². The number of amides is 4. The van der Waals surface area contributed by atoms with E-state index in [0.29, 0.717) is 0 Å². The molecular weight excluding hydrogens is 362 g/mol. The number of carboxylic acid groups (broad SMARTS) is 1. The average Bonchev–Trinajstić information content (AvgIpc) is 2.59. The lowest BCUT2D eigenvalue weighted by Crippen LogP contribution is -2.57.